The molecule has 0 aliphatic rings. The minimum absolute atomic E-state index is 0.119. The highest BCUT2D eigenvalue weighted by atomic mass is 19.4. The Hall–Kier alpha value is -2.32. The first-order chi connectivity index (χ1) is 9.24. The van der Waals surface area contributed by atoms with Gasteiger partial charge in [0, 0.05) is 0 Å². The van der Waals surface area contributed by atoms with Crippen LogP contribution in [0.4, 0.5) is 13.2 Å². The van der Waals surface area contributed by atoms with E-state index in [0.29, 0.717) is 0 Å². The first-order valence-electron chi connectivity index (χ1n) is 5.63. The van der Waals surface area contributed by atoms with Gasteiger partial charge < -0.3 is 4.98 Å². The molecule has 20 heavy (non-hydrogen) atoms. The third-order valence-corrected chi connectivity index (χ3v) is 2.75. The van der Waals surface area contributed by atoms with Crippen LogP contribution in [-0.2, 0) is 6.18 Å². The molecule has 2 rings (SSSR count). The lowest BCUT2D eigenvalue weighted by molar-refractivity contribution is -0.229. The van der Waals surface area contributed by atoms with Gasteiger partial charge in [0.1, 0.15) is 5.82 Å². The highest BCUT2D eigenvalue weighted by Gasteiger charge is 2.37. The zero-order chi connectivity index (χ0) is 15.1. The third-order valence-electron chi connectivity index (χ3n) is 2.75. The smallest absolute Gasteiger partial charge is 0.309 e. The Kier molecular flexibility index (Phi) is 3.28. The number of H-pyrrole nitrogens is 1. The number of pyridine rings is 1. The zero-order valence-electron chi connectivity index (χ0n) is 10.6. The zero-order valence-corrected chi connectivity index (χ0v) is 10.6. The Bertz CT molecular complexity index is 737. The van der Waals surface area contributed by atoms with E-state index in [0.717, 1.165) is 6.07 Å². The number of aryl methyl sites for hydroxylation is 1. The molecule has 0 radical (unpaired) electrons. The maximum atomic E-state index is 13.0. The maximum absolute atomic E-state index is 13.0. The van der Waals surface area contributed by atoms with Crippen LogP contribution in [-0.4, -0.2) is 15.0 Å². The molecule has 0 bridgehead atoms. The molecule has 0 aliphatic carbocycles. The summed E-state index contributed by atoms with van der Waals surface area (Å²) in [6.45, 7) is 2.83. The number of hydrogen-bond acceptors (Lipinski definition) is 4. The summed E-state index contributed by atoms with van der Waals surface area (Å²) < 4.78 is 39.1. The van der Waals surface area contributed by atoms with Crippen molar-refractivity contribution in [1.29, 1.82) is 0 Å². The van der Waals surface area contributed by atoms with E-state index >= 15 is 0 Å². The molecular formula is C11H11F3N5O+. The van der Waals surface area contributed by atoms with Crippen LogP contribution in [0.15, 0.2) is 16.0 Å². The molecule has 1 atom stereocenters. The summed E-state index contributed by atoms with van der Waals surface area (Å²) in [5.41, 5.74) is 2.75. The summed E-state index contributed by atoms with van der Waals surface area (Å²) in [5, 5.41) is 3.29. The van der Waals surface area contributed by atoms with Crippen LogP contribution in [0.3, 0.4) is 0 Å². The van der Waals surface area contributed by atoms with Crippen LogP contribution in [0.2, 0.25) is 0 Å². The second-order valence-electron chi connectivity index (χ2n) is 4.26. The van der Waals surface area contributed by atoms with Crippen molar-refractivity contribution in [1.82, 2.24) is 15.0 Å². The molecule has 6 nitrogen and oxygen atoms in total. The number of aromatic nitrogens is 3. The van der Waals surface area contributed by atoms with Gasteiger partial charge in [0.2, 0.25) is 0 Å². The molecule has 0 saturated carbocycles. The largest absolute Gasteiger partial charge is 0.418 e. The quantitative estimate of drug-likeness (QED) is 0.803. The average Bonchev–Trinajstić information content (AvgIpc) is 2.35. The number of hydrogen-bond donors (Lipinski definition) is 2. The average molecular weight is 286 g/mol. The second kappa shape index (κ2) is 4.66. The van der Waals surface area contributed by atoms with E-state index in [1.807, 2.05) is 0 Å². The topological polar surface area (TPSA) is 96.6 Å². The Morgan fingerprint density at radius 3 is 2.60 bits per heavy atom. The van der Waals surface area contributed by atoms with Crippen LogP contribution >= 0.6 is 0 Å². The fourth-order valence-corrected chi connectivity index (χ4v) is 1.82. The van der Waals surface area contributed by atoms with Gasteiger partial charge in [0.05, 0.1) is 16.8 Å². The first-order valence-corrected chi connectivity index (χ1v) is 5.63. The Morgan fingerprint density at radius 1 is 1.40 bits per heavy atom. The summed E-state index contributed by atoms with van der Waals surface area (Å²) in [7, 11) is 0. The Labute approximate surface area is 110 Å². The number of nitrogens with two attached hydrogens (primary N) is 1. The molecule has 3 N–H and O–H groups in total. The summed E-state index contributed by atoms with van der Waals surface area (Å²) in [6.07, 6.45) is -4.63. The number of rotatable bonds is 2. The first kappa shape index (κ1) is 14.1. The van der Waals surface area contributed by atoms with Gasteiger partial charge in [-0.05, 0) is 25.0 Å². The van der Waals surface area contributed by atoms with Crippen molar-refractivity contribution in [3.63, 3.8) is 0 Å². The molecule has 0 saturated heterocycles. The molecule has 0 amide bonds. The number of nitrogens with one attached hydrogen (secondary N) is 1. The number of fused-ring (bicyclic) bond motifs is 1. The lowest BCUT2D eigenvalue weighted by atomic mass is 10.1. The Morgan fingerprint density at radius 2 is 2.05 bits per heavy atom. The monoisotopic (exact) mass is 286 g/mol. The highest BCUT2D eigenvalue weighted by Crippen LogP contribution is 2.35. The third kappa shape index (κ3) is 2.38. The molecule has 0 fully saturated rings. The van der Waals surface area contributed by atoms with Crippen molar-refractivity contribution in [2.75, 3.05) is 0 Å². The van der Waals surface area contributed by atoms with Gasteiger partial charge in [-0.25, -0.2) is 9.97 Å². The number of aromatic amines is 1. The SMILES string of the molecule is Cc1nc2cc(C(F)(F)F)c(C(C)N=[NH2+])nc2c(=O)[nH]1. The predicted octanol–water partition coefficient (Wildman–Crippen LogP) is 0.918. The fourth-order valence-electron chi connectivity index (χ4n) is 1.82. The van der Waals surface area contributed by atoms with Gasteiger partial charge >= 0.3 is 6.18 Å². The molecule has 9 heteroatoms. The van der Waals surface area contributed by atoms with Crippen LogP contribution < -0.4 is 11.1 Å². The number of alkyl halides is 3. The molecule has 2 aromatic heterocycles. The minimum Gasteiger partial charge on any atom is -0.309 e. The molecule has 2 aromatic rings. The molecule has 0 aliphatic heterocycles. The summed E-state index contributed by atoms with van der Waals surface area (Å²) in [6, 6.07) is -0.196. The van der Waals surface area contributed by atoms with Crippen LogP contribution in [0.1, 0.15) is 30.0 Å². The van der Waals surface area contributed by atoms with Crippen molar-refractivity contribution in [3.05, 3.63) is 33.5 Å². The van der Waals surface area contributed by atoms with Gasteiger partial charge in [-0.3, -0.25) is 4.79 Å². The van der Waals surface area contributed by atoms with Gasteiger partial charge in [-0.2, -0.15) is 18.7 Å². The van der Waals surface area contributed by atoms with E-state index in [4.69, 9.17) is 5.53 Å². The molecule has 106 valence electrons. The highest BCUT2D eigenvalue weighted by molar-refractivity contribution is 5.74. The van der Waals surface area contributed by atoms with Crippen molar-refractivity contribution in [3.8, 4) is 0 Å². The molecular weight excluding hydrogens is 275 g/mol. The Balaban J connectivity index is 2.89. The number of halogens is 3. The van der Waals surface area contributed by atoms with Crippen molar-refractivity contribution in [2.45, 2.75) is 26.1 Å². The van der Waals surface area contributed by atoms with Gasteiger partial charge in [0.15, 0.2) is 11.6 Å². The second-order valence-corrected chi connectivity index (χ2v) is 4.26. The van der Waals surface area contributed by atoms with Crippen molar-refractivity contribution < 1.29 is 18.7 Å². The summed E-state index contributed by atoms with van der Waals surface area (Å²) in [5.74, 6) is 0.210. The summed E-state index contributed by atoms with van der Waals surface area (Å²) in [4.78, 5) is 21.7. The lowest BCUT2D eigenvalue weighted by Gasteiger charge is -2.13. The van der Waals surface area contributed by atoms with E-state index < -0.39 is 29.0 Å². The van der Waals surface area contributed by atoms with Crippen LogP contribution in [0.5, 0.6) is 0 Å². The maximum Gasteiger partial charge on any atom is 0.418 e. The van der Waals surface area contributed by atoms with Gasteiger partial charge in [0.25, 0.3) is 5.56 Å². The van der Waals surface area contributed by atoms with E-state index in [-0.39, 0.29) is 16.9 Å². The number of nitrogens with zero attached hydrogens (tertiary/aromatic N) is 3. The van der Waals surface area contributed by atoms with Crippen molar-refractivity contribution in [2.24, 2.45) is 5.11 Å². The molecule has 1 unspecified atom stereocenters. The minimum atomic E-state index is -4.63. The van der Waals surface area contributed by atoms with Gasteiger partial charge in [-0.15, -0.1) is 0 Å². The molecule has 0 spiro atoms. The standard InChI is InChI=1S/C11H10F3N5O/c1-4(19-15)8-6(11(12,13)14)3-7-9(18-8)10(20)17-5(2)16-7/h3-4,15H,1-2H3,(H,16,17,20)/p+1. The van der Waals surface area contributed by atoms with E-state index in [9.17, 15) is 18.0 Å². The lowest BCUT2D eigenvalue weighted by Crippen LogP contribution is -2.26. The van der Waals surface area contributed by atoms with Crippen LogP contribution in [0.25, 0.3) is 11.0 Å². The van der Waals surface area contributed by atoms with Gasteiger partial charge in [-0.1, -0.05) is 0 Å². The van der Waals surface area contributed by atoms with E-state index in [2.05, 4.69) is 20.1 Å². The molecule has 2 heterocycles. The van der Waals surface area contributed by atoms with E-state index in [1.165, 1.54) is 13.8 Å². The van der Waals surface area contributed by atoms with Crippen LogP contribution in [0, 0.1) is 6.92 Å². The summed E-state index contributed by atoms with van der Waals surface area (Å²) >= 11 is 0. The van der Waals surface area contributed by atoms with Crippen molar-refractivity contribution >= 4 is 11.0 Å². The fraction of sp³-hybridized carbons (Fsp3) is 0.364. The predicted molar refractivity (Wildman–Crippen MR) is 62.7 cm³/mol. The van der Waals surface area contributed by atoms with E-state index in [1.54, 1.807) is 0 Å². The normalized spacial score (nSPS) is 13.4. The molecule has 0 aromatic carbocycles.